The number of amides is 1. The van der Waals surface area contributed by atoms with Crippen molar-refractivity contribution in [3.8, 4) is 5.75 Å². The maximum atomic E-state index is 12.0. The van der Waals surface area contributed by atoms with E-state index in [1.54, 1.807) is 0 Å². The zero-order valence-electron chi connectivity index (χ0n) is 13.1. The molecule has 2 rings (SSSR count). The predicted octanol–water partition coefficient (Wildman–Crippen LogP) is 1.53. The third-order valence-corrected chi connectivity index (χ3v) is 3.42. The van der Waals surface area contributed by atoms with Crippen molar-refractivity contribution in [1.29, 1.82) is 0 Å². The minimum absolute atomic E-state index is 0.0199. The summed E-state index contributed by atoms with van der Waals surface area (Å²) in [5.74, 6) is 0.881. The molecule has 0 aromatic heterocycles. The molecule has 4 nitrogen and oxygen atoms in total. The third kappa shape index (κ3) is 5.22. The van der Waals surface area contributed by atoms with Crippen LogP contribution in [0.15, 0.2) is 54.6 Å². The number of aryl methyl sites for hydroxylation is 1. The average Bonchev–Trinajstić information content (AvgIpc) is 2.50. The molecule has 0 radical (unpaired) electrons. The number of carbonyl (C=O) groups is 1. The van der Waals surface area contributed by atoms with Gasteiger partial charge in [-0.3, -0.25) is 4.79 Å². The summed E-state index contributed by atoms with van der Waals surface area (Å²) in [5, 5.41) is 2.95. The summed E-state index contributed by atoms with van der Waals surface area (Å²) in [6.45, 7) is 3.77. The zero-order chi connectivity index (χ0) is 15.8. The van der Waals surface area contributed by atoms with Crippen LogP contribution in [0, 0.1) is 6.92 Å². The predicted molar refractivity (Wildman–Crippen MR) is 88.4 cm³/mol. The Morgan fingerprint density at radius 2 is 1.77 bits per heavy atom. The fourth-order valence-electron chi connectivity index (χ4n) is 2.13. The highest BCUT2D eigenvalue weighted by Crippen LogP contribution is 2.12. The molecule has 1 unspecified atom stereocenters. The molecule has 2 aromatic carbocycles. The van der Waals surface area contributed by atoms with Crippen molar-refractivity contribution in [2.45, 2.75) is 6.92 Å². The van der Waals surface area contributed by atoms with Gasteiger partial charge in [-0.2, -0.15) is 0 Å². The van der Waals surface area contributed by atoms with Crippen LogP contribution < -0.4 is 15.0 Å². The van der Waals surface area contributed by atoms with Gasteiger partial charge in [-0.25, -0.2) is 0 Å². The Bertz CT molecular complexity index is 599. The van der Waals surface area contributed by atoms with Gasteiger partial charge in [0.25, 0.3) is 5.91 Å². The van der Waals surface area contributed by atoms with Gasteiger partial charge < -0.3 is 15.0 Å². The van der Waals surface area contributed by atoms with E-state index >= 15 is 0 Å². The van der Waals surface area contributed by atoms with E-state index in [4.69, 9.17) is 4.74 Å². The van der Waals surface area contributed by atoms with Crippen LogP contribution in [-0.2, 0) is 4.79 Å². The first-order valence-corrected chi connectivity index (χ1v) is 7.50. The van der Waals surface area contributed by atoms with Crippen molar-refractivity contribution in [3.05, 3.63) is 60.2 Å². The average molecular weight is 299 g/mol. The lowest BCUT2D eigenvalue weighted by atomic mass is 10.2. The van der Waals surface area contributed by atoms with E-state index < -0.39 is 0 Å². The summed E-state index contributed by atoms with van der Waals surface area (Å²) in [6.07, 6.45) is 0. The number of rotatable bonds is 7. The van der Waals surface area contributed by atoms with Crippen LogP contribution in [0.5, 0.6) is 5.75 Å². The molecule has 0 aliphatic heterocycles. The van der Waals surface area contributed by atoms with Crippen molar-refractivity contribution in [3.63, 3.8) is 0 Å². The number of nitrogens with one attached hydrogen (secondary N) is 2. The minimum atomic E-state index is 0.0199. The molecule has 0 bridgehead atoms. The van der Waals surface area contributed by atoms with Crippen molar-refractivity contribution >= 4 is 11.6 Å². The van der Waals surface area contributed by atoms with E-state index in [0.717, 1.165) is 28.4 Å². The van der Waals surface area contributed by atoms with Crippen molar-refractivity contribution < 1.29 is 14.4 Å². The van der Waals surface area contributed by atoms with Gasteiger partial charge in [-0.15, -0.1) is 0 Å². The largest absolute Gasteiger partial charge is 0.488 e. The molecule has 0 aliphatic carbocycles. The number of anilines is 1. The lowest BCUT2D eigenvalue weighted by molar-refractivity contribution is -0.871. The van der Waals surface area contributed by atoms with Crippen LogP contribution in [0.3, 0.4) is 0 Å². The third-order valence-electron chi connectivity index (χ3n) is 3.42. The number of likely N-dealkylation sites (N-methyl/N-ethyl adjacent to an activating group) is 1. The SMILES string of the molecule is Cc1ccccc1NC(=O)C[NH+](C)CCOc1ccccc1. The first kappa shape index (κ1) is 16.0. The molecule has 0 heterocycles. The number of para-hydroxylation sites is 2. The molecular formula is C18H23N2O2+. The summed E-state index contributed by atoms with van der Waals surface area (Å²) < 4.78 is 5.64. The molecule has 2 N–H and O–H groups in total. The van der Waals surface area contributed by atoms with Crippen LogP contribution >= 0.6 is 0 Å². The summed E-state index contributed by atoms with van der Waals surface area (Å²) in [6, 6.07) is 17.5. The lowest BCUT2D eigenvalue weighted by Crippen LogP contribution is -3.10. The van der Waals surface area contributed by atoms with E-state index in [2.05, 4.69) is 5.32 Å². The molecule has 1 amide bonds. The number of carbonyl (C=O) groups excluding carboxylic acids is 1. The molecule has 1 atom stereocenters. The van der Waals surface area contributed by atoms with E-state index in [-0.39, 0.29) is 5.91 Å². The molecule has 22 heavy (non-hydrogen) atoms. The van der Waals surface area contributed by atoms with Crippen LogP contribution in [-0.4, -0.2) is 32.7 Å². The van der Waals surface area contributed by atoms with Gasteiger partial charge in [0.05, 0.1) is 7.05 Å². The Morgan fingerprint density at radius 3 is 2.50 bits per heavy atom. The number of hydrogen-bond donors (Lipinski definition) is 2. The van der Waals surface area contributed by atoms with Gasteiger partial charge in [0, 0.05) is 5.69 Å². The maximum absolute atomic E-state index is 12.0. The number of ether oxygens (including phenoxy) is 1. The lowest BCUT2D eigenvalue weighted by Gasteiger charge is -2.15. The Morgan fingerprint density at radius 1 is 1.09 bits per heavy atom. The molecule has 116 valence electrons. The van der Waals surface area contributed by atoms with Crippen molar-refractivity contribution in [1.82, 2.24) is 0 Å². The summed E-state index contributed by atoms with van der Waals surface area (Å²) in [7, 11) is 1.99. The van der Waals surface area contributed by atoms with Gasteiger partial charge >= 0.3 is 0 Å². The Kier molecular flexibility index (Phi) is 5.98. The fraction of sp³-hybridized carbons (Fsp3) is 0.278. The van der Waals surface area contributed by atoms with E-state index in [1.165, 1.54) is 0 Å². The Balaban J connectivity index is 1.71. The zero-order valence-corrected chi connectivity index (χ0v) is 13.1. The summed E-state index contributed by atoms with van der Waals surface area (Å²) >= 11 is 0. The van der Waals surface area contributed by atoms with Gasteiger partial charge in [-0.1, -0.05) is 36.4 Å². The molecule has 0 fully saturated rings. The molecular weight excluding hydrogens is 276 g/mol. The summed E-state index contributed by atoms with van der Waals surface area (Å²) in [5.41, 5.74) is 1.95. The van der Waals surface area contributed by atoms with E-state index in [0.29, 0.717) is 13.2 Å². The van der Waals surface area contributed by atoms with Crippen LogP contribution in [0.4, 0.5) is 5.69 Å². The molecule has 0 saturated carbocycles. The standard InChI is InChI=1S/C18H22N2O2/c1-15-8-6-7-11-17(15)19-18(21)14-20(2)12-13-22-16-9-4-3-5-10-16/h3-11H,12-14H2,1-2H3,(H,19,21)/p+1. The van der Waals surface area contributed by atoms with Crippen molar-refractivity contribution in [2.24, 2.45) is 0 Å². The Labute approximate surface area is 131 Å². The van der Waals surface area contributed by atoms with E-state index in [9.17, 15) is 4.79 Å². The summed E-state index contributed by atoms with van der Waals surface area (Å²) in [4.78, 5) is 13.1. The molecule has 0 saturated heterocycles. The second kappa shape index (κ2) is 8.20. The molecule has 0 aliphatic rings. The molecule has 4 heteroatoms. The van der Waals surface area contributed by atoms with Crippen LogP contribution in [0.25, 0.3) is 0 Å². The fourth-order valence-corrected chi connectivity index (χ4v) is 2.13. The normalized spacial score (nSPS) is 11.7. The quantitative estimate of drug-likeness (QED) is 0.814. The monoisotopic (exact) mass is 299 g/mol. The van der Waals surface area contributed by atoms with Crippen LogP contribution in [0.2, 0.25) is 0 Å². The highest BCUT2D eigenvalue weighted by molar-refractivity contribution is 5.92. The topological polar surface area (TPSA) is 42.8 Å². The maximum Gasteiger partial charge on any atom is 0.279 e. The first-order chi connectivity index (χ1) is 10.6. The number of quaternary nitrogens is 1. The molecule has 0 spiro atoms. The molecule has 2 aromatic rings. The first-order valence-electron chi connectivity index (χ1n) is 7.50. The second-order valence-electron chi connectivity index (χ2n) is 5.41. The van der Waals surface area contributed by atoms with Gasteiger partial charge in [-0.05, 0) is 30.7 Å². The number of hydrogen-bond acceptors (Lipinski definition) is 2. The Hall–Kier alpha value is -2.33. The van der Waals surface area contributed by atoms with Gasteiger partial charge in [0.15, 0.2) is 6.54 Å². The second-order valence-corrected chi connectivity index (χ2v) is 5.41. The van der Waals surface area contributed by atoms with Crippen LogP contribution in [0.1, 0.15) is 5.56 Å². The minimum Gasteiger partial charge on any atom is -0.488 e. The van der Waals surface area contributed by atoms with Crippen molar-refractivity contribution in [2.75, 3.05) is 32.1 Å². The van der Waals surface area contributed by atoms with Gasteiger partial charge in [0.1, 0.15) is 18.9 Å². The van der Waals surface area contributed by atoms with Gasteiger partial charge in [0.2, 0.25) is 0 Å². The highest BCUT2D eigenvalue weighted by Gasteiger charge is 2.11. The number of benzene rings is 2. The highest BCUT2D eigenvalue weighted by atomic mass is 16.5. The smallest absolute Gasteiger partial charge is 0.279 e. The van der Waals surface area contributed by atoms with E-state index in [1.807, 2.05) is 68.6 Å².